The van der Waals surface area contributed by atoms with E-state index in [0.717, 1.165) is 36.2 Å². The zero-order valence-corrected chi connectivity index (χ0v) is 18.9. The van der Waals surface area contributed by atoms with Crippen LogP contribution in [-0.4, -0.2) is 31.1 Å². The van der Waals surface area contributed by atoms with Gasteiger partial charge in [-0.25, -0.2) is 4.98 Å². The Kier molecular flexibility index (Phi) is 8.85. The second kappa shape index (κ2) is 10.1. The molecule has 0 spiro atoms. The third-order valence-corrected chi connectivity index (χ3v) is 4.96. The van der Waals surface area contributed by atoms with Gasteiger partial charge in [0.1, 0.15) is 0 Å². The average Bonchev–Trinajstić information content (AvgIpc) is 2.96. The Morgan fingerprint density at radius 3 is 2.52 bits per heavy atom. The Bertz CT molecular complexity index is 694. The number of aliphatic imine (C=N–C) groups is 1. The van der Waals surface area contributed by atoms with Gasteiger partial charge < -0.3 is 10.6 Å². The lowest BCUT2D eigenvalue weighted by molar-refractivity contribution is 0.506. The van der Waals surface area contributed by atoms with Gasteiger partial charge in [0.25, 0.3) is 0 Å². The number of aryl methyl sites for hydroxylation is 2. The second-order valence-corrected chi connectivity index (χ2v) is 7.72. The molecule has 0 radical (unpaired) electrons. The van der Waals surface area contributed by atoms with E-state index in [2.05, 4.69) is 71.0 Å². The molecule has 0 atom stereocenters. The SMILES string of the molecule is CN=C(NCCc1csc(C)n1)NCC(C)(C)c1ccccc1C.I. The second-order valence-electron chi connectivity index (χ2n) is 6.66. The van der Waals surface area contributed by atoms with Crippen LogP contribution in [0.25, 0.3) is 0 Å². The molecule has 4 nitrogen and oxygen atoms in total. The van der Waals surface area contributed by atoms with Gasteiger partial charge in [0.05, 0.1) is 10.7 Å². The van der Waals surface area contributed by atoms with E-state index in [-0.39, 0.29) is 29.4 Å². The molecule has 1 aromatic heterocycles. The molecule has 6 heteroatoms. The fourth-order valence-corrected chi connectivity index (χ4v) is 3.43. The minimum absolute atomic E-state index is 0. The maximum Gasteiger partial charge on any atom is 0.191 e. The van der Waals surface area contributed by atoms with Crippen LogP contribution in [0, 0.1) is 13.8 Å². The zero-order chi connectivity index (χ0) is 17.6. The summed E-state index contributed by atoms with van der Waals surface area (Å²) >= 11 is 1.70. The quantitative estimate of drug-likeness (QED) is 0.379. The van der Waals surface area contributed by atoms with E-state index < -0.39 is 0 Å². The Hall–Kier alpha value is -1.15. The normalized spacial score (nSPS) is 11.8. The highest BCUT2D eigenvalue weighted by Gasteiger charge is 2.22. The molecular formula is C19H29IN4S. The number of thiazole rings is 1. The number of aromatic nitrogens is 1. The maximum absolute atomic E-state index is 4.49. The molecule has 0 saturated heterocycles. The van der Waals surface area contributed by atoms with Crippen LogP contribution in [-0.2, 0) is 11.8 Å². The highest BCUT2D eigenvalue weighted by molar-refractivity contribution is 14.0. The largest absolute Gasteiger partial charge is 0.356 e. The predicted molar refractivity (Wildman–Crippen MR) is 120 cm³/mol. The van der Waals surface area contributed by atoms with Gasteiger partial charge in [0, 0.05) is 37.4 Å². The van der Waals surface area contributed by atoms with Gasteiger partial charge in [-0.3, -0.25) is 4.99 Å². The number of rotatable bonds is 6. The summed E-state index contributed by atoms with van der Waals surface area (Å²) in [5.41, 5.74) is 3.87. The number of guanidine groups is 1. The third kappa shape index (κ3) is 6.58. The highest BCUT2D eigenvalue weighted by atomic mass is 127. The lowest BCUT2D eigenvalue weighted by atomic mass is 9.82. The fourth-order valence-electron chi connectivity index (χ4n) is 2.78. The van der Waals surface area contributed by atoms with Crippen molar-refractivity contribution in [2.45, 2.75) is 39.5 Å². The molecule has 2 N–H and O–H groups in total. The van der Waals surface area contributed by atoms with Crippen LogP contribution in [0.15, 0.2) is 34.6 Å². The van der Waals surface area contributed by atoms with Gasteiger partial charge in [0.2, 0.25) is 0 Å². The molecule has 138 valence electrons. The Labute approximate surface area is 172 Å². The summed E-state index contributed by atoms with van der Waals surface area (Å²) in [7, 11) is 1.81. The van der Waals surface area contributed by atoms with E-state index in [9.17, 15) is 0 Å². The van der Waals surface area contributed by atoms with Crippen molar-refractivity contribution in [2.24, 2.45) is 4.99 Å². The smallest absolute Gasteiger partial charge is 0.191 e. The first-order valence-electron chi connectivity index (χ1n) is 8.34. The molecule has 25 heavy (non-hydrogen) atoms. The monoisotopic (exact) mass is 472 g/mol. The molecule has 2 aromatic rings. The summed E-state index contributed by atoms with van der Waals surface area (Å²) in [6.45, 7) is 10.4. The van der Waals surface area contributed by atoms with Crippen molar-refractivity contribution >= 4 is 41.3 Å². The Morgan fingerprint density at radius 2 is 1.92 bits per heavy atom. The van der Waals surface area contributed by atoms with Crippen LogP contribution in [0.4, 0.5) is 0 Å². The molecule has 0 bridgehead atoms. The first-order chi connectivity index (χ1) is 11.4. The van der Waals surface area contributed by atoms with Crippen molar-refractivity contribution in [1.29, 1.82) is 0 Å². The first kappa shape index (κ1) is 21.9. The highest BCUT2D eigenvalue weighted by Crippen LogP contribution is 2.25. The van der Waals surface area contributed by atoms with Crippen LogP contribution >= 0.6 is 35.3 Å². The van der Waals surface area contributed by atoms with Gasteiger partial charge >= 0.3 is 0 Å². The molecule has 0 saturated carbocycles. The van der Waals surface area contributed by atoms with Crippen molar-refractivity contribution in [1.82, 2.24) is 15.6 Å². The summed E-state index contributed by atoms with van der Waals surface area (Å²) in [6, 6.07) is 8.56. The molecule has 0 amide bonds. The standard InChI is InChI=1S/C19H28N4S.HI/c1-14-8-6-7-9-17(14)19(3,4)13-22-18(20-5)21-11-10-16-12-24-15(2)23-16;/h6-9,12H,10-11,13H2,1-5H3,(H2,20,21,22);1H. The summed E-state index contributed by atoms with van der Waals surface area (Å²) in [4.78, 5) is 8.81. The number of nitrogens with zero attached hydrogens (tertiary/aromatic N) is 2. The lowest BCUT2D eigenvalue weighted by Gasteiger charge is -2.28. The average molecular weight is 472 g/mol. The molecule has 0 aliphatic heterocycles. The van der Waals surface area contributed by atoms with E-state index in [4.69, 9.17) is 0 Å². The van der Waals surface area contributed by atoms with Crippen LogP contribution in [0.3, 0.4) is 0 Å². The molecule has 1 heterocycles. The van der Waals surface area contributed by atoms with E-state index >= 15 is 0 Å². The first-order valence-corrected chi connectivity index (χ1v) is 9.22. The van der Waals surface area contributed by atoms with E-state index in [1.165, 1.54) is 11.1 Å². The van der Waals surface area contributed by atoms with Crippen molar-refractivity contribution in [3.63, 3.8) is 0 Å². The number of benzene rings is 1. The van der Waals surface area contributed by atoms with E-state index in [1.54, 1.807) is 11.3 Å². The van der Waals surface area contributed by atoms with Gasteiger partial charge in [-0.1, -0.05) is 38.1 Å². The molecule has 1 aromatic carbocycles. The van der Waals surface area contributed by atoms with Gasteiger partial charge in [-0.15, -0.1) is 35.3 Å². The Balaban J connectivity index is 0.00000312. The van der Waals surface area contributed by atoms with Gasteiger partial charge in [-0.05, 0) is 25.0 Å². The third-order valence-electron chi connectivity index (χ3n) is 4.14. The minimum atomic E-state index is 0. The molecule has 2 rings (SSSR count). The van der Waals surface area contributed by atoms with Crippen LogP contribution in [0.2, 0.25) is 0 Å². The topological polar surface area (TPSA) is 49.3 Å². The summed E-state index contributed by atoms with van der Waals surface area (Å²) < 4.78 is 0. The van der Waals surface area contributed by atoms with E-state index in [1.807, 2.05) is 14.0 Å². The maximum atomic E-state index is 4.49. The number of hydrogen-bond acceptors (Lipinski definition) is 3. The van der Waals surface area contributed by atoms with E-state index in [0.29, 0.717) is 0 Å². The predicted octanol–water partition coefficient (Wildman–Crippen LogP) is 4.06. The van der Waals surface area contributed by atoms with Gasteiger partial charge in [-0.2, -0.15) is 0 Å². The summed E-state index contributed by atoms with van der Waals surface area (Å²) in [6.07, 6.45) is 0.909. The summed E-state index contributed by atoms with van der Waals surface area (Å²) in [5.74, 6) is 0.837. The van der Waals surface area contributed by atoms with Crippen LogP contribution in [0.1, 0.15) is 35.7 Å². The summed E-state index contributed by atoms with van der Waals surface area (Å²) in [5, 5.41) is 10.1. The molecular weight excluding hydrogens is 443 g/mol. The Morgan fingerprint density at radius 1 is 1.20 bits per heavy atom. The molecule has 0 fully saturated rings. The van der Waals surface area contributed by atoms with Gasteiger partial charge in [0.15, 0.2) is 5.96 Å². The lowest BCUT2D eigenvalue weighted by Crippen LogP contribution is -2.44. The molecule has 0 unspecified atom stereocenters. The van der Waals surface area contributed by atoms with Crippen LogP contribution in [0.5, 0.6) is 0 Å². The van der Waals surface area contributed by atoms with Crippen molar-refractivity contribution in [3.05, 3.63) is 51.5 Å². The molecule has 0 aliphatic carbocycles. The fraction of sp³-hybridized carbons (Fsp3) is 0.474. The van der Waals surface area contributed by atoms with Crippen molar-refractivity contribution in [2.75, 3.05) is 20.1 Å². The number of nitrogens with one attached hydrogen (secondary N) is 2. The zero-order valence-electron chi connectivity index (χ0n) is 15.7. The van der Waals surface area contributed by atoms with Crippen LogP contribution < -0.4 is 10.6 Å². The van der Waals surface area contributed by atoms with Crippen molar-refractivity contribution < 1.29 is 0 Å². The molecule has 0 aliphatic rings. The number of halogens is 1. The minimum Gasteiger partial charge on any atom is -0.356 e. The number of hydrogen-bond donors (Lipinski definition) is 2. The van der Waals surface area contributed by atoms with Crippen molar-refractivity contribution in [3.8, 4) is 0 Å².